The minimum absolute atomic E-state index is 0.166. The molecule has 0 radical (unpaired) electrons. The molecule has 25 heavy (non-hydrogen) atoms. The molecule has 0 unspecified atom stereocenters. The number of aromatic nitrogens is 1. The Bertz CT molecular complexity index is 886. The molecule has 0 fully saturated rings. The zero-order valence-corrected chi connectivity index (χ0v) is 14.1. The molecule has 1 heterocycles. The summed E-state index contributed by atoms with van der Waals surface area (Å²) in [6.45, 7) is 0.441. The molecule has 3 aromatic rings. The van der Waals surface area contributed by atoms with Crippen LogP contribution in [0.15, 0.2) is 66.9 Å². The van der Waals surface area contributed by atoms with Gasteiger partial charge in [-0.25, -0.2) is 4.79 Å². The van der Waals surface area contributed by atoms with Crippen molar-refractivity contribution in [3.05, 3.63) is 77.5 Å². The van der Waals surface area contributed by atoms with Crippen LogP contribution in [-0.4, -0.2) is 24.2 Å². The summed E-state index contributed by atoms with van der Waals surface area (Å²) in [4.78, 5) is 16.1. The van der Waals surface area contributed by atoms with Crippen molar-refractivity contribution in [2.24, 2.45) is 0 Å². The summed E-state index contributed by atoms with van der Waals surface area (Å²) in [7, 11) is 0. The Morgan fingerprint density at radius 3 is 2.68 bits per heavy atom. The molecule has 0 atom stereocenters. The molecule has 126 valence electrons. The summed E-state index contributed by atoms with van der Waals surface area (Å²) in [5.41, 5.74) is 1.72. The van der Waals surface area contributed by atoms with E-state index in [2.05, 4.69) is 4.98 Å². The second kappa shape index (κ2) is 8.31. The molecule has 0 aliphatic carbocycles. The van der Waals surface area contributed by atoms with Gasteiger partial charge in [-0.15, -0.1) is 0 Å². The molecule has 2 aromatic carbocycles. The zero-order valence-electron chi connectivity index (χ0n) is 13.4. The molecule has 0 amide bonds. The van der Waals surface area contributed by atoms with Crippen molar-refractivity contribution >= 4 is 34.5 Å². The Balaban J connectivity index is 1.50. The summed E-state index contributed by atoms with van der Waals surface area (Å²) in [5.74, 6) is 0.255. The Morgan fingerprint density at radius 1 is 1.04 bits per heavy atom. The van der Waals surface area contributed by atoms with Crippen LogP contribution in [0.3, 0.4) is 0 Å². The number of benzene rings is 2. The van der Waals surface area contributed by atoms with Crippen molar-refractivity contribution in [2.75, 3.05) is 13.2 Å². The van der Waals surface area contributed by atoms with Crippen molar-refractivity contribution in [1.29, 1.82) is 0 Å². The van der Waals surface area contributed by atoms with E-state index < -0.39 is 5.97 Å². The fraction of sp³-hybridized carbons (Fsp3) is 0.100. The maximum Gasteiger partial charge on any atom is 0.330 e. The Labute approximate surface area is 150 Å². The normalized spacial score (nSPS) is 10.9. The minimum Gasteiger partial charge on any atom is -0.490 e. The number of rotatable bonds is 6. The predicted octanol–water partition coefficient (Wildman–Crippen LogP) is 4.52. The van der Waals surface area contributed by atoms with Gasteiger partial charge in [-0.3, -0.25) is 4.98 Å². The molecule has 0 N–H and O–H groups in total. The molecule has 4 nitrogen and oxygen atoms in total. The van der Waals surface area contributed by atoms with Crippen LogP contribution in [0.2, 0.25) is 5.02 Å². The van der Waals surface area contributed by atoms with Gasteiger partial charge in [-0.2, -0.15) is 0 Å². The fourth-order valence-electron chi connectivity index (χ4n) is 2.30. The van der Waals surface area contributed by atoms with Crippen LogP contribution in [0.5, 0.6) is 5.75 Å². The van der Waals surface area contributed by atoms with Crippen molar-refractivity contribution in [2.45, 2.75) is 0 Å². The van der Waals surface area contributed by atoms with E-state index in [0.717, 1.165) is 16.5 Å². The van der Waals surface area contributed by atoms with E-state index in [-0.39, 0.29) is 13.2 Å². The van der Waals surface area contributed by atoms with Crippen LogP contribution in [-0.2, 0) is 9.53 Å². The van der Waals surface area contributed by atoms with Crippen LogP contribution < -0.4 is 4.74 Å². The van der Waals surface area contributed by atoms with Crippen LogP contribution in [0.1, 0.15) is 5.56 Å². The third-order valence-electron chi connectivity index (χ3n) is 3.47. The topological polar surface area (TPSA) is 48.4 Å². The Morgan fingerprint density at radius 2 is 1.84 bits per heavy atom. The maximum absolute atomic E-state index is 11.8. The Kier molecular flexibility index (Phi) is 5.65. The smallest absolute Gasteiger partial charge is 0.330 e. The first-order valence-electron chi connectivity index (χ1n) is 7.79. The molecule has 1 aromatic heterocycles. The van der Waals surface area contributed by atoms with E-state index in [1.54, 1.807) is 36.5 Å². The molecule has 0 spiro atoms. The highest BCUT2D eigenvalue weighted by molar-refractivity contribution is 6.30. The van der Waals surface area contributed by atoms with E-state index in [1.807, 2.05) is 30.3 Å². The average Bonchev–Trinajstić information content (AvgIpc) is 2.65. The molecule has 0 aliphatic rings. The molecule has 0 saturated carbocycles. The predicted molar refractivity (Wildman–Crippen MR) is 98.7 cm³/mol. The van der Waals surface area contributed by atoms with Gasteiger partial charge in [0.1, 0.15) is 19.0 Å². The number of fused-ring (bicyclic) bond motifs is 1. The van der Waals surface area contributed by atoms with E-state index >= 15 is 0 Å². The second-order valence-electron chi connectivity index (χ2n) is 5.23. The number of esters is 1. The van der Waals surface area contributed by atoms with Crippen molar-refractivity contribution in [1.82, 2.24) is 4.98 Å². The molecule has 5 heteroatoms. The number of para-hydroxylation sites is 1. The lowest BCUT2D eigenvalue weighted by atomic mass is 10.1. The first kappa shape index (κ1) is 17.0. The number of pyridine rings is 1. The number of ether oxygens (including phenoxy) is 2. The largest absolute Gasteiger partial charge is 0.490 e. The van der Waals surface area contributed by atoms with Gasteiger partial charge in [0.25, 0.3) is 0 Å². The number of hydrogen-bond acceptors (Lipinski definition) is 4. The third-order valence-corrected chi connectivity index (χ3v) is 3.72. The van der Waals surface area contributed by atoms with Crippen LogP contribution in [0.4, 0.5) is 0 Å². The van der Waals surface area contributed by atoms with E-state index in [1.165, 1.54) is 6.08 Å². The maximum atomic E-state index is 11.8. The summed E-state index contributed by atoms with van der Waals surface area (Å²) >= 11 is 5.80. The first-order chi connectivity index (χ1) is 12.2. The van der Waals surface area contributed by atoms with Gasteiger partial charge in [-0.05, 0) is 36.4 Å². The summed E-state index contributed by atoms with van der Waals surface area (Å²) in [6, 6.07) is 16.7. The van der Waals surface area contributed by atoms with Crippen LogP contribution >= 0.6 is 11.6 Å². The lowest BCUT2D eigenvalue weighted by molar-refractivity contribution is -0.138. The highest BCUT2D eigenvalue weighted by Crippen LogP contribution is 2.17. The van der Waals surface area contributed by atoms with E-state index in [4.69, 9.17) is 21.1 Å². The quantitative estimate of drug-likeness (QED) is 0.371. The van der Waals surface area contributed by atoms with E-state index in [0.29, 0.717) is 10.8 Å². The standard InChI is InChI=1S/C20H16ClNO3/c21-17-7-9-18(10-8-17)24-13-14-25-19(23)11-6-16-4-1-3-15-5-2-12-22-20(15)16/h1-12H,13-14H2/b11-6+. The highest BCUT2D eigenvalue weighted by Gasteiger charge is 2.01. The number of carbonyl (C=O) groups excluding carboxylic acids is 1. The van der Waals surface area contributed by atoms with Gasteiger partial charge in [0.15, 0.2) is 0 Å². The number of nitrogens with zero attached hydrogens (tertiary/aromatic N) is 1. The van der Waals surface area contributed by atoms with Gasteiger partial charge < -0.3 is 9.47 Å². The monoisotopic (exact) mass is 353 g/mol. The SMILES string of the molecule is O=C(/C=C/c1cccc2cccnc12)OCCOc1ccc(Cl)cc1. The molecular formula is C20H16ClNO3. The van der Waals surface area contributed by atoms with Crippen LogP contribution in [0.25, 0.3) is 17.0 Å². The first-order valence-corrected chi connectivity index (χ1v) is 8.17. The summed E-state index contributed by atoms with van der Waals surface area (Å²) in [5, 5.41) is 1.67. The minimum atomic E-state index is -0.423. The van der Waals surface area contributed by atoms with Gasteiger partial charge >= 0.3 is 5.97 Å². The van der Waals surface area contributed by atoms with E-state index in [9.17, 15) is 4.79 Å². The van der Waals surface area contributed by atoms with Crippen LogP contribution in [0, 0.1) is 0 Å². The zero-order chi connectivity index (χ0) is 17.5. The summed E-state index contributed by atoms with van der Waals surface area (Å²) in [6.07, 6.45) is 4.83. The molecule has 0 bridgehead atoms. The Hall–Kier alpha value is -2.85. The number of halogens is 1. The molecule has 0 aliphatic heterocycles. The van der Waals surface area contributed by atoms with Gasteiger partial charge in [0.2, 0.25) is 0 Å². The molecular weight excluding hydrogens is 338 g/mol. The lowest BCUT2D eigenvalue weighted by Crippen LogP contribution is -2.10. The lowest BCUT2D eigenvalue weighted by Gasteiger charge is -2.06. The molecule has 3 rings (SSSR count). The third kappa shape index (κ3) is 4.81. The van der Waals surface area contributed by atoms with Gasteiger partial charge in [-0.1, -0.05) is 35.9 Å². The van der Waals surface area contributed by atoms with Crippen molar-refractivity contribution in [3.63, 3.8) is 0 Å². The number of carbonyl (C=O) groups is 1. The van der Waals surface area contributed by atoms with Gasteiger partial charge in [0, 0.05) is 28.2 Å². The number of hydrogen-bond donors (Lipinski definition) is 0. The van der Waals surface area contributed by atoms with Crippen molar-refractivity contribution < 1.29 is 14.3 Å². The summed E-state index contributed by atoms with van der Waals surface area (Å²) < 4.78 is 10.6. The fourth-order valence-corrected chi connectivity index (χ4v) is 2.43. The molecule has 0 saturated heterocycles. The average molecular weight is 354 g/mol. The highest BCUT2D eigenvalue weighted by atomic mass is 35.5. The van der Waals surface area contributed by atoms with Crippen molar-refractivity contribution in [3.8, 4) is 5.75 Å². The van der Waals surface area contributed by atoms with Gasteiger partial charge in [0.05, 0.1) is 5.52 Å². The second-order valence-corrected chi connectivity index (χ2v) is 5.66.